The zero-order chi connectivity index (χ0) is 18.3. The van der Waals surface area contributed by atoms with Gasteiger partial charge in [-0.15, -0.1) is 0 Å². The van der Waals surface area contributed by atoms with Crippen LogP contribution in [0.15, 0.2) is 76.1 Å². The van der Waals surface area contributed by atoms with E-state index < -0.39 is 0 Å². The van der Waals surface area contributed by atoms with Crippen molar-refractivity contribution in [1.82, 2.24) is 0 Å². The van der Waals surface area contributed by atoms with Crippen LogP contribution in [0.5, 0.6) is 0 Å². The van der Waals surface area contributed by atoms with E-state index in [2.05, 4.69) is 15.9 Å². The molecule has 26 heavy (non-hydrogen) atoms. The summed E-state index contributed by atoms with van der Waals surface area (Å²) in [5, 5.41) is -0.172. The predicted molar refractivity (Wildman–Crippen MR) is 104 cm³/mol. The molecule has 0 saturated heterocycles. The van der Waals surface area contributed by atoms with Gasteiger partial charge in [0.2, 0.25) is 5.12 Å². The highest BCUT2D eigenvalue weighted by Crippen LogP contribution is 2.30. The summed E-state index contributed by atoms with van der Waals surface area (Å²) in [6, 6.07) is 18.9. The van der Waals surface area contributed by atoms with E-state index in [4.69, 9.17) is 0 Å². The van der Waals surface area contributed by atoms with Gasteiger partial charge in [-0.25, -0.2) is 0 Å². The molecule has 4 rings (SSSR count). The molecule has 0 atom stereocenters. The summed E-state index contributed by atoms with van der Waals surface area (Å²) in [4.78, 5) is 38.7. The number of benzene rings is 3. The summed E-state index contributed by atoms with van der Waals surface area (Å²) in [6.07, 6.45) is 0. The van der Waals surface area contributed by atoms with Gasteiger partial charge in [0, 0.05) is 37.2 Å². The van der Waals surface area contributed by atoms with Crippen molar-refractivity contribution in [3.8, 4) is 0 Å². The summed E-state index contributed by atoms with van der Waals surface area (Å²) in [5.74, 6) is -0.409. The summed E-state index contributed by atoms with van der Waals surface area (Å²) in [5.41, 5.74) is 1.83. The fraction of sp³-hybridized carbons (Fsp3) is 0. The van der Waals surface area contributed by atoms with Crippen LogP contribution in [0.3, 0.4) is 0 Å². The first-order valence-corrected chi connectivity index (χ1v) is 9.46. The summed E-state index contributed by atoms with van der Waals surface area (Å²) in [7, 11) is 0. The molecule has 3 nitrogen and oxygen atoms in total. The van der Waals surface area contributed by atoms with Crippen molar-refractivity contribution in [3.63, 3.8) is 0 Å². The summed E-state index contributed by atoms with van der Waals surface area (Å²) < 4.78 is 0.936. The minimum absolute atomic E-state index is 0.172. The number of thioether (sulfide) groups is 1. The minimum Gasteiger partial charge on any atom is -0.289 e. The molecule has 0 heterocycles. The fourth-order valence-corrected chi connectivity index (χ4v) is 3.89. The number of carbonyl (C=O) groups excluding carboxylic acids is 3. The molecule has 126 valence electrons. The molecule has 3 aromatic rings. The van der Waals surface area contributed by atoms with E-state index in [1.807, 2.05) is 24.3 Å². The first kappa shape index (κ1) is 16.9. The van der Waals surface area contributed by atoms with Crippen LogP contribution in [0.1, 0.15) is 42.2 Å². The van der Waals surface area contributed by atoms with Gasteiger partial charge >= 0.3 is 0 Å². The Morgan fingerprint density at radius 1 is 0.731 bits per heavy atom. The van der Waals surface area contributed by atoms with E-state index in [1.54, 1.807) is 36.4 Å². The topological polar surface area (TPSA) is 51.2 Å². The van der Waals surface area contributed by atoms with E-state index in [1.165, 1.54) is 6.07 Å². The van der Waals surface area contributed by atoms with E-state index in [0.717, 1.165) is 21.1 Å². The second-order valence-electron chi connectivity index (χ2n) is 5.81. The second-order valence-corrected chi connectivity index (χ2v) is 7.77. The molecule has 1 aliphatic carbocycles. The Hall–Kier alpha value is -2.50. The molecule has 0 spiro atoms. The van der Waals surface area contributed by atoms with Gasteiger partial charge in [0.25, 0.3) is 0 Å². The molecule has 0 saturated carbocycles. The maximum Gasteiger partial charge on any atom is 0.224 e. The largest absolute Gasteiger partial charge is 0.289 e. The van der Waals surface area contributed by atoms with Crippen molar-refractivity contribution in [3.05, 3.63) is 99.0 Å². The Morgan fingerprint density at radius 3 is 1.96 bits per heavy atom. The smallest absolute Gasteiger partial charge is 0.224 e. The van der Waals surface area contributed by atoms with Gasteiger partial charge in [0.05, 0.1) is 0 Å². The van der Waals surface area contributed by atoms with Gasteiger partial charge in [-0.3, -0.25) is 14.4 Å². The lowest BCUT2D eigenvalue weighted by atomic mass is 9.83. The van der Waals surface area contributed by atoms with Crippen molar-refractivity contribution < 1.29 is 14.4 Å². The number of hydrogen-bond acceptors (Lipinski definition) is 4. The predicted octanol–water partition coefficient (Wildman–Crippen LogP) is 5.16. The highest BCUT2D eigenvalue weighted by molar-refractivity contribution is 9.10. The zero-order valence-electron chi connectivity index (χ0n) is 13.4. The summed E-state index contributed by atoms with van der Waals surface area (Å²) >= 11 is 4.45. The molecular formula is C21H11BrO3S. The Balaban J connectivity index is 1.69. The fourth-order valence-electron chi connectivity index (χ4n) is 2.89. The standard InChI is InChI=1S/C21H11BrO3S/c22-13-6-8-14(9-7-13)26-21(25)12-5-10-17-18(11-12)20(24)16-4-2-1-3-15(16)19(17)23/h1-11H. The van der Waals surface area contributed by atoms with Crippen molar-refractivity contribution in [2.45, 2.75) is 4.90 Å². The van der Waals surface area contributed by atoms with E-state index in [-0.39, 0.29) is 22.2 Å². The molecule has 5 heteroatoms. The Morgan fingerprint density at radius 2 is 1.31 bits per heavy atom. The van der Waals surface area contributed by atoms with Gasteiger partial charge in [-0.1, -0.05) is 40.2 Å². The van der Waals surface area contributed by atoms with Gasteiger partial charge < -0.3 is 0 Å². The zero-order valence-corrected chi connectivity index (χ0v) is 15.8. The third kappa shape index (κ3) is 2.93. The van der Waals surface area contributed by atoms with Gasteiger partial charge in [0.1, 0.15) is 0 Å². The SMILES string of the molecule is O=C(Sc1ccc(Br)cc1)c1ccc2c(c1)C(=O)c1ccccc1C2=O. The van der Waals surface area contributed by atoms with Crippen LogP contribution in [-0.2, 0) is 0 Å². The average molecular weight is 423 g/mol. The third-order valence-corrected chi connectivity index (χ3v) is 5.64. The molecule has 0 aliphatic heterocycles. The Bertz CT molecular complexity index is 1070. The van der Waals surface area contributed by atoms with E-state index >= 15 is 0 Å². The van der Waals surface area contributed by atoms with Crippen LogP contribution >= 0.6 is 27.7 Å². The molecule has 0 N–H and O–H groups in total. The van der Waals surface area contributed by atoms with Crippen LogP contribution in [0.25, 0.3) is 0 Å². The van der Waals surface area contributed by atoms with Crippen molar-refractivity contribution in [2.24, 2.45) is 0 Å². The Labute approximate surface area is 162 Å². The molecule has 1 aliphatic rings. The third-order valence-electron chi connectivity index (χ3n) is 4.19. The second kappa shape index (κ2) is 6.67. The first-order chi connectivity index (χ1) is 12.5. The average Bonchev–Trinajstić information content (AvgIpc) is 2.67. The van der Waals surface area contributed by atoms with Crippen LogP contribution < -0.4 is 0 Å². The molecule has 0 unspecified atom stereocenters. The number of hydrogen-bond donors (Lipinski definition) is 0. The molecule has 0 bridgehead atoms. The van der Waals surface area contributed by atoms with Crippen molar-refractivity contribution in [1.29, 1.82) is 0 Å². The molecule has 3 aromatic carbocycles. The molecule has 0 fully saturated rings. The van der Waals surface area contributed by atoms with Crippen LogP contribution in [0.4, 0.5) is 0 Å². The van der Waals surface area contributed by atoms with Gasteiger partial charge in [0.15, 0.2) is 11.6 Å². The highest BCUT2D eigenvalue weighted by atomic mass is 79.9. The first-order valence-electron chi connectivity index (χ1n) is 7.85. The lowest BCUT2D eigenvalue weighted by Gasteiger charge is -2.17. The number of halogens is 1. The quantitative estimate of drug-likeness (QED) is 0.418. The molecule has 0 radical (unpaired) electrons. The maximum atomic E-state index is 12.7. The monoisotopic (exact) mass is 422 g/mol. The van der Waals surface area contributed by atoms with Crippen molar-refractivity contribution in [2.75, 3.05) is 0 Å². The lowest BCUT2D eigenvalue weighted by Crippen LogP contribution is -2.21. The number of ketones is 2. The highest BCUT2D eigenvalue weighted by Gasteiger charge is 2.29. The van der Waals surface area contributed by atoms with E-state index in [9.17, 15) is 14.4 Å². The van der Waals surface area contributed by atoms with Crippen LogP contribution in [0, 0.1) is 0 Å². The van der Waals surface area contributed by atoms with Gasteiger partial charge in [-0.05, 0) is 54.2 Å². The lowest BCUT2D eigenvalue weighted by molar-refractivity contribution is 0.0978. The molecule has 0 amide bonds. The molecule has 0 aromatic heterocycles. The Kier molecular flexibility index (Phi) is 4.34. The van der Waals surface area contributed by atoms with Crippen molar-refractivity contribution >= 4 is 44.4 Å². The maximum absolute atomic E-state index is 12.7. The van der Waals surface area contributed by atoms with Gasteiger partial charge in [-0.2, -0.15) is 0 Å². The summed E-state index contributed by atoms with van der Waals surface area (Å²) in [6.45, 7) is 0. The normalized spacial score (nSPS) is 12.5. The van der Waals surface area contributed by atoms with Crippen LogP contribution in [0.2, 0.25) is 0 Å². The minimum atomic E-state index is -0.224. The number of carbonyl (C=O) groups is 3. The molecular weight excluding hydrogens is 412 g/mol. The van der Waals surface area contributed by atoms with E-state index in [0.29, 0.717) is 22.3 Å². The number of fused-ring (bicyclic) bond motifs is 2. The number of rotatable bonds is 2. The van der Waals surface area contributed by atoms with Crippen LogP contribution in [-0.4, -0.2) is 16.7 Å².